The van der Waals surface area contributed by atoms with Gasteiger partial charge in [-0.15, -0.1) is 11.3 Å². The highest BCUT2D eigenvalue weighted by molar-refractivity contribution is 7.92. The molecule has 0 atom stereocenters. The fourth-order valence-electron chi connectivity index (χ4n) is 2.45. The quantitative estimate of drug-likeness (QED) is 0.690. The minimum Gasteiger partial charge on any atom is -0.333 e. The van der Waals surface area contributed by atoms with Crippen LogP contribution in [-0.2, 0) is 10.0 Å². The normalized spacial score (nSPS) is 14.6. The van der Waals surface area contributed by atoms with Crippen molar-refractivity contribution < 1.29 is 12.9 Å². The zero-order chi connectivity index (χ0) is 17.6. The Labute approximate surface area is 153 Å². The Morgan fingerprint density at radius 2 is 2.12 bits per heavy atom. The molecule has 0 unspecified atom stereocenters. The molecular weight excluding hydrogens is 382 g/mol. The maximum Gasteiger partial charge on any atom is 0.270 e. The number of hydrogen-bond donors (Lipinski definition) is 1. The van der Waals surface area contributed by atoms with Crippen molar-refractivity contribution >= 4 is 38.6 Å². The SMILES string of the molecule is Cc1ccc(Cl)cc1S(=O)(=O)Nc1ccsc1-c1nc(C2CC2)no1. The molecule has 1 N–H and O–H groups in total. The van der Waals surface area contributed by atoms with Crippen molar-refractivity contribution in [1.82, 2.24) is 10.1 Å². The van der Waals surface area contributed by atoms with Crippen molar-refractivity contribution in [3.8, 4) is 10.8 Å². The molecule has 1 aromatic carbocycles. The minimum atomic E-state index is -3.78. The second-order valence-electron chi connectivity index (χ2n) is 5.91. The standard InChI is InChI=1S/C16H14ClN3O3S2/c1-9-2-5-11(17)8-13(9)25(21,22)20-12-6-7-24-14(12)16-18-15(19-23-16)10-3-4-10/h2,5-8,10,20H,3-4H2,1H3. The van der Waals surface area contributed by atoms with E-state index in [1.165, 1.54) is 17.4 Å². The monoisotopic (exact) mass is 395 g/mol. The van der Waals surface area contributed by atoms with Crippen molar-refractivity contribution in [2.75, 3.05) is 4.72 Å². The van der Waals surface area contributed by atoms with Crippen LogP contribution in [0.4, 0.5) is 5.69 Å². The summed E-state index contributed by atoms with van der Waals surface area (Å²) in [4.78, 5) is 5.13. The maximum absolute atomic E-state index is 12.7. The van der Waals surface area contributed by atoms with E-state index in [2.05, 4.69) is 14.9 Å². The number of anilines is 1. The van der Waals surface area contributed by atoms with Gasteiger partial charge in [-0.05, 0) is 48.9 Å². The molecule has 3 aromatic rings. The van der Waals surface area contributed by atoms with Crippen LogP contribution in [0.15, 0.2) is 39.1 Å². The van der Waals surface area contributed by atoms with E-state index in [1.54, 1.807) is 30.5 Å². The summed E-state index contributed by atoms with van der Waals surface area (Å²) in [5.41, 5.74) is 1.03. The molecule has 25 heavy (non-hydrogen) atoms. The molecule has 1 aliphatic carbocycles. The van der Waals surface area contributed by atoms with Crippen LogP contribution in [0.25, 0.3) is 10.8 Å². The van der Waals surface area contributed by atoms with Gasteiger partial charge in [-0.1, -0.05) is 22.8 Å². The molecule has 0 radical (unpaired) electrons. The lowest BCUT2D eigenvalue weighted by molar-refractivity contribution is 0.423. The second-order valence-corrected chi connectivity index (χ2v) is 8.91. The van der Waals surface area contributed by atoms with E-state index in [9.17, 15) is 8.42 Å². The van der Waals surface area contributed by atoms with Crippen LogP contribution in [0.1, 0.15) is 30.1 Å². The van der Waals surface area contributed by atoms with Gasteiger partial charge in [-0.25, -0.2) is 8.42 Å². The molecule has 1 saturated carbocycles. The van der Waals surface area contributed by atoms with E-state index in [0.29, 0.717) is 38.8 Å². The summed E-state index contributed by atoms with van der Waals surface area (Å²) in [7, 11) is -3.78. The van der Waals surface area contributed by atoms with E-state index in [4.69, 9.17) is 16.1 Å². The molecule has 0 spiro atoms. The average molecular weight is 396 g/mol. The van der Waals surface area contributed by atoms with Crippen LogP contribution in [-0.4, -0.2) is 18.6 Å². The Morgan fingerprint density at radius 3 is 2.88 bits per heavy atom. The van der Waals surface area contributed by atoms with Crippen LogP contribution in [0.2, 0.25) is 5.02 Å². The van der Waals surface area contributed by atoms with Gasteiger partial charge < -0.3 is 4.52 Å². The fraction of sp³-hybridized carbons (Fsp3) is 0.250. The predicted octanol–water partition coefficient (Wildman–Crippen LogP) is 4.44. The van der Waals surface area contributed by atoms with Gasteiger partial charge in [0, 0.05) is 10.9 Å². The highest BCUT2D eigenvalue weighted by Crippen LogP contribution is 2.40. The molecule has 0 saturated heterocycles. The number of thiophene rings is 1. The second kappa shape index (κ2) is 6.12. The van der Waals surface area contributed by atoms with Gasteiger partial charge in [0.05, 0.1) is 10.6 Å². The molecule has 1 aliphatic rings. The van der Waals surface area contributed by atoms with Gasteiger partial charge in [-0.2, -0.15) is 4.98 Å². The number of hydrogen-bond acceptors (Lipinski definition) is 6. The first kappa shape index (κ1) is 16.6. The lowest BCUT2D eigenvalue weighted by Crippen LogP contribution is -2.14. The van der Waals surface area contributed by atoms with E-state index in [0.717, 1.165) is 12.8 Å². The van der Waals surface area contributed by atoms with Gasteiger partial charge >= 0.3 is 0 Å². The van der Waals surface area contributed by atoms with Crippen LogP contribution < -0.4 is 4.72 Å². The molecule has 1 fully saturated rings. The summed E-state index contributed by atoms with van der Waals surface area (Å²) >= 11 is 7.29. The molecule has 6 nitrogen and oxygen atoms in total. The Balaban J connectivity index is 1.67. The third-order valence-electron chi connectivity index (χ3n) is 3.93. The molecule has 130 valence electrons. The first-order valence-electron chi connectivity index (χ1n) is 7.64. The summed E-state index contributed by atoms with van der Waals surface area (Å²) in [5.74, 6) is 1.38. The molecule has 0 bridgehead atoms. The smallest absolute Gasteiger partial charge is 0.270 e. The number of benzene rings is 1. The van der Waals surface area contributed by atoms with Crippen LogP contribution in [0.5, 0.6) is 0 Å². The average Bonchev–Trinajstić information content (AvgIpc) is 3.12. The number of nitrogens with zero attached hydrogens (tertiary/aromatic N) is 2. The third kappa shape index (κ3) is 3.29. The van der Waals surface area contributed by atoms with Gasteiger partial charge in [0.2, 0.25) is 0 Å². The van der Waals surface area contributed by atoms with Gasteiger partial charge in [0.15, 0.2) is 5.82 Å². The topological polar surface area (TPSA) is 85.1 Å². The molecule has 0 amide bonds. The first-order valence-corrected chi connectivity index (χ1v) is 10.4. The summed E-state index contributed by atoms with van der Waals surface area (Å²) in [6.07, 6.45) is 2.13. The number of aromatic nitrogens is 2. The van der Waals surface area contributed by atoms with Crippen LogP contribution in [0, 0.1) is 6.92 Å². The zero-order valence-electron chi connectivity index (χ0n) is 13.2. The Morgan fingerprint density at radius 1 is 1.32 bits per heavy atom. The molecular formula is C16H14ClN3O3S2. The van der Waals surface area contributed by atoms with Crippen LogP contribution >= 0.6 is 22.9 Å². The fourth-order valence-corrected chi connectivity index (χ4v) is 4.87. The highest BCUT2D eigenvalue weighted by atomic mass is 35.5. The van der Waals surface area contributed by atoms with E-state index in [1.807, 2.05) is 0 Å². The lowest BCUT2D eigenvalue weighted by Gasteiger charge is -2.10. The van der Waals surface area contributed by atoms with E-state index >= 15 is 0 Å². The Bertz CT molecular complexity index is 1040. The summed E-state index contributed by atoms with van der Waals surface area (Å²) < 4.78 is 33.4. The molecule has 2 aromatic heterocycles. The number of sulfonamides is 1. The molecule has 4 rings (SSSR count). The van der Waals surface area contributed by atoms with Gasteiger partial charge in [0.1, 0.15) is 4.88 Å². The van der Waals surface area contributed by atoms with Crippen LogP contribution in [0.3, 0.4) is 0 Å². The third-order valence-corrected chi connectivity index (χ3v) is 6.57. The number of nitrogens with one attached hydrogen (secondary N) is 1. The summed E-state index contributed by atoms with van der Waals surface area (Å²) in [6.45, 7) is 1.72. The zero-order valence-corrected chi connectivity index (χ0v) is 15.6. The highest BCUT2D eigenvalue weighted by Gasteiger charge is 2.30. The number of aryl methyl sites for hydroxylation is 1. The van der Waals surface area contributed by atoms with Crippen molar-refractivity contribution in [2.45, 2.75) is 30.6 Å². The van der Waals surface area contributed by atoms with Crippen molar-refractivity contribution in [2.24, 2.45) is 0 Å². The van der Waals surface area contributed by atoms with Crippen molar-refractivity contribution in [3.63, 3.8) is 0 Å². The molecule has 0 aliphatic heterocycles. The molecule has 2 heterocycles. The van der Waals surface area contributed by atoms with Gasteiger partial charge in [-0.3, -0.25) is 4.72 Å². The predicted molar refractivity (Wildman–Crippen MR) is 96.6 cm³/mol. The van der Waals surface area contributed by atoms with Crippen molar-refractivity contribution in [1.29, 1.82) is 0 Å². The minimum absolute atomic E-state index is 0.140. The van der Waals surface area contributed by atoms with E-state index in [-0.39, 0.29) is 4.90 Å². The van der Waals surface area contributed by atoms with Gasteiger partial charge in [0.25, 0.3) is 15.9 Å². The number of rotatable bonds is 5. The lowest BCUT2D eigenvalue weighted by atomic mass is 10.2. The van der Waals surface area contributed by atoms with Crippen molar-refractivity contribution in [3.05, 3.63) is 46.1 Å². The first-order chi connectivity index (χ1) is 11.9. The maximum atomic E-state index is 12.7. The van der Waals surface area contributed by atoms with E-state index < -0.39 is 10.0 Å². The molecule has 9 heteroatoms. The Kier molecular flexibility index (Phi) is 4.05. The number of halogens is 1. The summed E-state index contributed by atoms with van der Waals surface area (Å²) in [5, 5.41) is 6.12. The Hall–Kier alpha value is -1.90. The largest absolute Gasteiger partial charge is 0.333 e. The summed E-state index contributed by atoms with van der Waals surface area (Å²) in [6, 6.07) is 6.44.